The molecule has 0 saturated carbocycles. The Morgan fingerprint density at radius 1 is 1.00 bits per heavy atom. The Labute approximate surface area is 127 Å². The Hall–Kier alpha value is -2.88. The Morgan fingerprint density at radius 3 is 2.82 bits per heavy atom. The summed E-state index contributed by atoms with van der Waals surface area (Å²) < 4.78 is 7.54. The molecule has 4 aromatic rings. The van der Waals surface area contributed by atoms with Crippen molar-refractivity contribution in [2.45, 2.75) is 6.54 Å². The molecular weight excluding hydrogens is 274 g/mol. The third-order valence-electron chi connectivity index (χ3n) is 4.30. The van der Waals surface area contributed by atoms with Crippen molar-refractivity contribution in [3.63, 3.8) is 0 Å². The molecule has 0 spiro atoms. The standard InChI is InChI=1S/C18H13N3O/c1-22-13-6-7-14-11(9-13)8-12-10-21-16-5-3-2-4-15(16)20-18(21)17(12)19-14/h2-9H,10H2,1H3. The first-order chi connectivity index (χ1) is 10.8. The Balaban J connectivity index is 1.78. The van der Waals surface area contributed by atoms with Crippen LogP contribution in [-0.2, 0) is 6.54 Å². The molecule has 0 atom stereocenters. The summed E-state index contributed by atoms with van der Waals surface area (Å²) >= 11 is 0. The summed E-state index contributed by atoms with van der Waals surface area (Å²) in [7, 11) is 1.68. The van der Waals surface area contributed by atoms with Gasteiger partial charge in [-0.3, -0.25) is 0 Å². The van der Waals surface area contributed by atoms with Gasteiger partial charge in [-0.1, -0.05) is 12.1 Å². The van der Waals surface area contributed by atoms with E-state index >= 15 is 0 Å². The molecule has 0 N–H and O–H groups in total. The van der Waals surface area contributed by atoms with Gasteiger partial charge < -0.3 is 9.30 Å². The van der Waals surface area contributed by atoms with Crippen molar-refractivity contribution in [2.24, 2.45) is 0 Å². The van der Waals surface area contributed by atoms with Crippen LogP contribution in [0.25, 0.3) is 33.5 Å². The van der Waals surface area contributed by atoms with Crippen molar-refractivity contribution in [1.29, 1.82) is 0 Å². The zero-order valence-corrected chi connectivity index (χ0v) is 12.1. The van der Waals surface area contributed by atoms with E-state index in [0.29, 0.717) is 0 Å². The monoisotopic (exact) mass is 287 g/mol. The van der Waals surface area contributed by atoms with Crippen LogP contribution in [0.1, 0.15) is 5.56 Å². The van der Waals surface area contributed by atoms with Gasteiger partial charge in [-0.25, -0.2) is 9.97 Å². The van der Waals surface area contributed by atoms with Crippen LogP contribution < -0.4 is 4.74 Å². The third kappa shape index (κ3) is 1.46. The molecule has 4 nitrogen and oxygen atoms in total. The van der Waals surface area contributed by atoms with Gasteiger partial charge in [0.05, 0.1) is 30.2 Å². The van der Waals surface area contributed by atoms with Gasteiger partial charge in [0.1, 0.15) is 11.4 Å². The number of rotatable bonds is 1. The Morgan fingerprint density at radius 2 is 1.91 bits per heavy atom. The molecule has 5 rings (SSSR count). The SMILES string of the molecule is COc1ccc2nc3c(cc2c1)Cn1c-3nc2ccccc21. The van der Waals surface area contributed by atoms with Gasteiger partial charge in [-0.2, -0.15) is 0 Å². The quantitative estimate of drug-likeness (QED) is 0.473. The summed E-state index contributed by atoms with van der Waals surface area (Å²) in [5, 5.41) is 1.10. The molecule has 2 aromatic heterocycles. The average Bonchev–Trinajstić information content (AvgIpc) is 3.08. The lowest BCUT2D eigenvalue weighted by atomic mass is 10.1. The van der Waals surface area contributed by atoms with Crippen LogP contribution in [0.2, 0.25) is 0 Å². The van der Waals surface area contributed by atoms with Gasteiger partial charge in [-0.05, 0) is 36.4 Å². The summed E-state index contributed by atoms with van der Waals surface area (Å²) in [6.07, 6.45) is 0. The first kappa shape index (κ1) is 11.7. The van der Waals surface area contributed by atoms with Gasteiger partial charge in [0.15, 0.2) is 5.82 Å². The van der Waals surface area contributed by atoms with E-state index < -0.39 is 0 Å². The summed E-state index contributed by atoms with van der Waals surface area (Å²) in [5.74, 6) is 1.82. The fourth-order valence-corrected chi connectivity index (χ4v) is 3.23. The van der Waals surface area contributed by atoms with Crippen LogP contribution >= 0.6 is 0 Å². The number of fused-ring (bicyclic) bond motifs is 6. The van der Waals surface area contributed by atoms with E-state index in [-0.39, 0.29) is 0 Å². The van der Waals surface area contributed by atoms with Crippen LogP contribution in [0, 0.1) is 0 Å². The summed E-state index contributed by atoms with van der Waals surface area (Å²) in [6, 6.07) is 16.4. The average molecular weight is 287 g/mol. The molecule has 0 bridgehead atoms. The number of para-hydroxylation sites is 2. The van der Waals surface area contributed by atoms with Crippen LogP contribution in [0.3, 0.4) is 0 Å². The molecule has 106 valence electrons. The lowest BCUT2D eigenvalue weighted by Crippen LogP contribution is -1.92. The zero-order chi connectivity index (χ0) is 14.7. The van der Waals surface area contributed by atoms with Crippen LogP contribution in [0.15, 0.2) is 48.5 Å². The van der Waals surface area contributed by atoms with E-state index in [1.54, 1.807) is 7.11 Å². The molecule has 0 saturated heterocycles. The van der Waals surface area contributed by atoms with E-state index in [1.165, 1.54) is 5.56 Å². The number of benzene rings is 2. The van der Waals surface area contributed by atoms with Gasteiger partial charge >= 0.3 is 0 Å². The second kappa shape index (κ2) is 4.07. The van der Waals surface area contributed by atoms with Crippen molar-refractivity contribution >= 4 is 21.9 Å². The second-order valence-electron chi connectivity index (χ2n) is 5.57. The summed E-state index contributed by atoms with van der Waals surface area (Å²) in [5.41, 5.74) is 5.37. The van der Waals surface area contributed by atoms with E-state index in [4.69, 9.17) is 14.7 Å². The number of pyridine rings is 1. The highest BCUT2D eigenvalue weighted by atomic mass is 16.5. The number of nitrogens with zero attached hydrogens (tertiary/aromatic N) is 3. The largest absolute Gasteiger partial charge is 0.497 e. The molecule has 0 unspecified atom stereocenters. The fourth-order valence-electron chi connectivity index (χ4n) is 3.23. The minimum absolute atomic E-state index is 0.825. The van der Waals surface area contributed by atoms with Gasteiger partial charge in [0.2, 0.25) is 0 Å². The topological polar surface area (TPSA) is 39.9 Å². The number of aromatic nitrogens is 3. The van der Waals surface area contributed by atoms with E-state index in [9.17, 15) is 0 Å². The molecule has 1 aliphatic rings. The van der Waals surface area contributed by atoms with Crippen LogP contribution in [0.4, 0.5) is 0 Å². The summed E-state index contributed by atoms with van der Waals surface area (Å²) in [4.78, 5) is 9.58. The number of ether oxygens (including phenoxy) is 1. The van der Waals surface area contributed by atoms with Gasteiger partial charge in [0.25, 0.3) is 0 Å². The fraction of sp³-hybridized carbons (Fsp3) is 0.111. The molecule has 0 amide bonds. The third-order valence-corrected chi connectivity index (χ3v) is 4.30. The maximum atomic E-state index is 5.30. The van der Waals surface area contributed by atoms with Gasteiger partial charge in [0, 0.05) is 10.9 Å². The number of methoxy groups -OCH3 is 1. The van der Waals surface area contributed by atoms with Crippen molar-refractivity contribution in [3.05, 3.63) is 54.1 Å². The van der Waals surface area contributed by atoms with Crippen molar-refractivity contribution in [1.82, 2.24) is 14.5 Å². The molecule has 0 fully saturated rings. The van der Waals surface area contributed by atoms with Crippen LogP contribution in [-0.4, -0.2) is 21.6 Å². The minimum Gasteiger partial charge on any atom is -0.497 e. The normalized spacial score (nSPS) is 12.6. The van der Waals surface area contributed by atoms with Crippen LogP contribution in [0.5, 0.6) is 5.75 Å². The molecule has 1 aliphatic heterocycles. The van der Waals surface area contributed by atoms with E-state index in [1.807, 2.05) is 30.3 Å². The maximum Gasteiger partial charge on any atom is 0.160 e. The predicted molar refractivity (Wildman–Crippen MR) is 86.1 cm³/mol. The zero-order valence-electron chi connectivity index (χ0n) is 12.1. The van der Waals surface area contributed by atoms with E-state index in [0.717, 1.165) is 45.7 Å². The van der Waals surface area contributed by atoms with Crippen molar-refractivity contribution in [2.75, 3.05) is 7.11 Å². The highest BCUT2D eigenvalue weighted by Gasteiger charge is 2.24. The molecule has 3 heterocycles. The van der Waals surface area contributed by atoms with E-state index in [2.05, 4.69) is 22.8 Å². The highest BCUT2D eigenvalue weighted by Crippen LogP contribution is 2.35. The Bertz CT molecular complexity index is 1050. The number of hydrogen-bond acceptors (Lipinski definition) is 3. The van der Waals surface area contributed by atoms with Crippen molar-refractivity contribution < 1.29 is 4.74 Å². The smallest absolute Gasteiger partial charge is 0.160 e. The molecule has 22 heavy (non-hydrogen) atoms. The first-order valence-electron chi connectivity index (χ1n) is 7.27. The Kier molecular flexibility index (Phi) is 2.17. The maximum absolute atomic E-state index is 5.30. The summed E-state index contributed by atoms with van der Waals surface area (Å²) in [6.45, 7) is 0.825. The molecule has 2 aromatic carbocycles. The second-order valence-corrected chi connectivity index (χ2v) is 5.57. The lowest BCUT2D eigenvalue weighted by molar-refractivity contribution is 0.415. The van der Waals surface area contributed by atoms with Gasteiger partial charge in [-0.15, -0.1) is 0 Å². The predicted octanol–water partition coefficient (Wildman–Crippen LogP) is 3.62. The minimum atomic E-state index is 0.825. The van der Waals surface area contributed by atoms with Crippen molar-refractivity contribution in [3.8, 4) is 17.3 Å². The number of imidazole rings is 1. The number of hydrogen-bond donors (Lipinski definition) is 0. The molecule has 0 radical (unpaired) electrons. The first-order valence-corrected chi connectivity index (χ1v) is 7.27. The molecule has 4 heteroatoms. The highest BCUT2D eigenvalue weighted by molar-refractivity contribution is 5.87. The molecular formula is C18H13N3O. The lowest BCUT2D eigenvalue weighted by Gasteiger charge is -2.04. The molecule has 0 aliphatic carbocycles.